The van der Waals surface area contributed by atoms with Crippen molar-refractivity contribution >= 4 is 18.5 Å². The molecule has 1 aliphatic rings. The van der Waals surface area contributed by atoms with Crippen LogP contribution < -0.4 is 5.32 Å². The molecule has 0 aromatic heterocycles. The molecule has 2 nitrogen and oxygen atoms in total. The molecule has 0 atom stereocenters. The van der Waals surface area contributed by atoms with Gasteiger partial charge in [0.1, 0.15) is 5.82 Å². The first kappa shape index (κ1) is 11.2. The van der Waals surface area contributed by atoms with E-state index in [0.717, 1.165) is 12.8 Å². The van der Waals surface area contributed by atoms with Gasteiger partial charge < -0.3 is 5.32 Å². The van der Waals surface area contributed by atoms with Crippen LogP contribution in [0, 0.1) is 5.82 Å². The Balaban J connectivity index is 2.05. The number of hydrogen-bond donors (Lipinski definition) is 2. The summed E-state index contributed by atoms with van der Waals surface area (Å²) in [5.41, 5.74) is 0.443. The SMILES string of the molecule is O=C(NC1CC=CC1)c1ccc(F)c(S)c1. The van der Waals surface area contributed by atoms with Crippen molar-refractivity contribution in [1.29, 1.82) is 0 Å². The van der Waals surface area contributed by atoms with Gasteiger partial charge in [0.15, 0.2) is 0 Å². The van der Waals surface area contributed by atoms with Crippen LogP contribution in [0.3, 0.4) is 0 Å². The Kier molecular flexibility index (Phi) is 3.29. The van der Waals surface area contributed by atoms with Gasteiger partial charge in [0, 0.05) is 16.5 Å². The number of carbonyl (C=O) groups excluding carboxylic acids is 1. The third-order valence-electron chi connectivity index (χ3n) is 2.55. The van der Waals surface area contributed by atoms with Crippen LogP contribution in [-0.4, -0.2) is 11.9 Å². The van der Waals surface area contributed by atoms with Gasteiger partial charge in [0.2, 0.25) is 0 Å². The molecule has 84 valence electrons. The van der Waals surface area contributed by atoms with Crippen LogP contribution in [0.15, 0.2) is 35.2 Å². The van der Waals surface area contributed by atoms with Gasteiger partial charge in [0.25, 0.3) is 5.91 Å². The molecule has 0 saturated heterocycles. The van der Waals surface area contributed by atoms with Crippen LogP contribution >= 0.6 is 12.6 Å². The van der Waals surface area contributed by atoms with E-state index in [1.807, 2.05) is 12.2 Å². The van der Waals surface area contributed by atoms with E-state index < -0.39 is 5.82 Å². The summed E-state index contributed by atoms with van der Waals surface area (Å²) < 4.78 is 12.9. The molecular formula is C12H12FNOS. The van der Waals surface area contributed by atoms with Crippen molar-refractivity contribution in [2.45, 2.75) is 23.8 Å². The number of carbonyl (C=O) groups is 1. The van der Waals surface area contributed by atoms with Crippen molar-refractivity contribution in [2.75, 3.05) is 0 Å². The molecule has 1 N–H and O–H groups in total. The van der Waals surface area contributed by atoms with E-state index in [4.69, 9.17) is 0 Å². The normalized spacial score (nSPS) is 15.4. The molecule has 1 aliphatic carbocycles. The van der Waals surface area contributed by atoms with E-state index in [2.05, 4.69) is 17.9 Å². The Morgan fingerprint density at radius 2 is 2.06 bits per heavy atom. The number of thiol groups is 1. The van der Waals surface area contributed by atoms with Crippen molar-refractivity contribution in [3.05, 3.63) is 41.7 Å². The highest BCUT2D eigenvalue weighted by Crippen LogP contribution is 2.15. The molecule has 0 aliphatic heterocycles. The van der Waals surface area contributed by atoms with Crippen LogP contribution in [0.2, 0.25) is 0 Å². The second-order valence-electron chi connectivity index (χ2n) is 3.78. The number of rotatable bonds is 2. The molecule has 0 saturated carbocycles. The second-order valence-corrected chi connectivity index (χ2v) is 4.26. The van der Waals surface area contributed by atoms with Gasteiger partial charge in [0.05, 0.1) is 0 Å². The van der Waals surface area contributed by atoms with Crippen molar-refractivity contribution < 1.29 is 9.18 Å². The van der Waals surface area contributed by atoms with E-state index in [1.165, 1.54) is 18.2 Å². The Bertz CT molecular complexity index is 437. The van der Waals surface area contributed by atoms with Gasteiger partial charge in [-0.15, -0.1) is 12.6 Å². The summed E-state index contributed by atoms with van der Waals surface area (Å²) in [6.07, 6.45) is 5.81. The van der Waals surface area contributed by atoms with Gasteiger partial charge in [-0.25, -0.2) is 4.39 Å². The Morgan fingerprint density at radius 1 is 1.38 bits per heavy atom. The van der Waals surface area contributed by atoms with Gasteiger partial charge in [-0.05, 0) is 31.0 Å². The van der Waals surface area contributed by atoms with E-state index in [9.17, 15) is 9.18 Å². The Labute approximate surface area is 99.0 Å². The summed E-state index contributed by atoms with van der Waals surface area (Å²) >= 11 is 3.94. The molecule has 0 bridgehead atoms. The van der Waals surface area contributed by atoms with Crippen LogP contribution in [0.4, 0.5) is 4.39 Å². The number of halogens is 1. The summed E-state index contributed by atoms with van der Waals surface area (Å²) in [6.45, 7) is 0. The second kappa shape index (κ2) is 4.70. The largest absolute Gasteiger partial charge is 0.349 e. The number of amides is 1. The van der Waals surface area contributed by atoms with Crippen LogP contribution in [0.5, 0.6) is 0 Å². The van der Waals surface area contributed by atoms with E-state index in [-0.39, 0.29) is 16.8 Å². The van der Waals surface area contributed by atoms with Crippen molar-refractivity contribution in [3.8, 4) is 0 Å². The highest BCUT2D eigenvalue weighted by molar-refractivity contribution is 7.80. The topological polar surface area (TPSA) is 29.1 Å². The number of benzene rings is 1. The lowest BCUT2D eigenvalue weighted by Crippen LogP contribution is -2.32. The zero-order chi connectivity index (χ0) is 11.5. The maximum absolute atomic E-state index is 12.9. The highest BCUT2D eigenvalue weighted by Gasteiger charge is 2.15. The van der Waals surface area contributed by atoms with Gasteiger partial charge in [-0.3, -0.25) is 4.79 Å². The summed E-state index contributed by atoms with van der Waals surface area (Å²) in [5.74, 6) is -0.591. The van der Waals surface area contributed by atoms with Crippen LogP contribution in [-0.2, 0) is 0 Å². The molecule has 0 radical (unpaired) electrons. The lowest BCUT2D eigenvalue weighted by molar-refractivity contribution is 0.0938. The summed E-state index contributed by atoms with van der Waals surface area (Å²) in [7, 11) is 0. The molecule has 1 aromatic rings. The van der Waals surface area contributed by atoms with Crippen LogP contribution in [0.1, 0.15) is 23.2 Å². The first-order valence-corrected chi connectivity index (χ1v) is 5.56. The fraction of sp³-hybridized carbons (Fsp3) is 0.250. The third-order valence-corrected chi connectivity index (χ3v) is 2.89. The average Bonchev–Trinajstić information content (AvgIpc) is 2.74. The fourth-order valence-electron chi connectivity index (χ4n) is 1.66. The maximum atomic E-state index is 12.9. The maximum Gasteiger partial charge on any atom is 0.251 e. The summed E-state index contributed by atoms with van der Waals surface area (Å²) in [5, 5.41) is 2.88. The molecule has 1 aromatic carbocycles. The minimum atomic E-state index is -0.414. The third kappa shape index (κ3) is 2.44. The van der Waals surface area contributed by atoms with E-state index in [0.29, 0.717) is 5.56 Å². The molecule has 0 heterocycles. The molecule has 0 fully saturated rings. The van der Waals surface area contributed by atoms with Crippen LogP contribution in [0.25, 0.3) is 0 Å². The zero-order valence-corrected chi connectivity index (χ0v) is 9.51. The monoisotopic (exact) mass is 237 g/mol. The molecule has 4 heteroatoms. The molecule has 16 heavy (non-hydrogen) atoms. The predicted octanol–water partition coefficient (Wildman–Crippen LogP) is 2.56. The lowest BCUT2D eigenvalue weighted by Gasteiger charge is -2.12. The standard InChI is InChI=1S/C12H12FNOS/c13-10-6-5-8(7-11(10)16)12(15)14-9-3-1-2-4-9/h1-2,5-7,9,16H,3-4H2,(H,14,15). The molecule has 0 unspecified atom stereocenters. The quantitative estimate of drug-likeness (QED) is 0.600. The van der Waals surface area contributed by atoms with Crippen molar-refractivity contribution in [3.63, 3.8) is 0 Å². The fourth-order valence-corrected chi connectivity index (χ4v) is 1.87. The summed E-state index contributed by atoms with van der Waals surface area (Å²) in [6, 6.07) is 4.33. The smallest absolute Gasteiger partial charge is 0.251 e. The van der Waals surface area contributed by atoms with E-state index >= 15 is 0 Å². The minimum absolute atomic E-state index is 0.168. The summed E-state index contributed by atoms with van der Waals surface area (Å²) in [4.78, 5) is 12.0. The van der Waals surface area contributed by atoms with Gasteiger partial charge in [-0.1, -0.05) is 12.2 Å². The zero-order valence-electron chi connectivity index (χ0n) is 8.61. The Morgan fingerprint density at radius 3 is 2.69 bits per heavy atom. The van der Waals surface area contributed by atoms with Crippen molar-refractivity contribution in [1.82, 2.24) is 5.32 Å². The molecule has 1 amide bonds. The van der Waals surface area contributed by atoms with Crippen molar-refractivity contribution in [2.24, 2.45) is 0 Å². The number of hydrogen-bond acceptors (Lipinski definition) is 2. The molecular weight excluding hydrogens is 225 g/mol. The first-order valence-electron chi connectivity index (χ1n) is 5.11. The van der Waals surface area contributed by atoms with Gasteiger partial charge in [-0.2, -0.15) is 0 Å². The molecule has 0 spiro atoms. The van der Waals surface area contributed by atoms with Gasteiger partial charge >= 0.3 is 0 Å². The predicted molar refractivity (Wildman–Crippen MR) is 63.3 cm³/mol. The highest BCUT2D eigenvalue weighted by atomic mass is 32.1. The first-order chi connectivity index (χ1) is 7.66. The molecule has 2 rings (SSSR count). The Hall–Kier alpha value is -1.29. The number of nitrogens with one attached hydrogen (secondary N) is 1. The average molecular weight is 237 g/mol. The lowest BCUT2D eigenvalue weighted by atomic mass is 10.1. The van der Waals surface area contributed by atoms with E-state index in [1.54, 1.807) is 0 Å². The minimum Gasteiger partial charge on any atom is -0.349 e.